The zero-order valence-corrected chi connectivity index (χ0v) is 14.7. The number of carbonyl (C=O) groups excluding carboxylic acids is 3. The van der Waals surface area contributed by atoms with Crippen LogP contribution in [0.5, 0.6) is 0 Å². The fourth-order valence-electron chi connectivity index (χ4n) is 2.78. The first kappa shape index (κ1) is 20.5. The van der Waals surface area contributed by atoms with E-state index in [1.54, 1.807) is 0 Å². The topological polar surface area (TPSA) is 131 Å². The van der Waals surface area contributed by atoms with Gasteiger partial charge in [0.2, 0.25) is 0 Å². The van der Waals surface area contributed by atoms with E-state index in [0.717, 1.165) is 12.8 Å². The van der Waals surface area contributed by atoms with Crippen molar-refractivity contribution >= 4 is 17.9 Å². The molecule has 0 aromatic heterocycles. The van der Waals surface area contributed by atoms with Crippen LogP contribution in [-0.4, -0.2) is 49.3 Å². The highest BCUT2D eigenvalue weighted by atomic mass is 16.6. The van der Waals surface area contributed by atoms with E-state index in [1.165, 1.54) is 7.11 Å². The first-order valence-electron chi connectivity index (χ1n) is 8.09. The molecule has 0 bridgehead atoms. The third-order valence-corrected chi connectivity index (χ3v) is 4.98. The van der Waals surface area contributed by atoms with Gasteiger partial charge in [0.05, 0.1) is 25.7 Å². The van der Waals surface area contributed by atoms with Crippen molar-refractivity contribution in [2.24, 2.45) is 23.3 Å². The summed E-state index contributed by atoms with van der Waals surface area (Å²) in [6.45, 7) is 6.15. The highest BCUT2D eigenvalue weighted by Crippen LogP contribution is 2.42. The molecule has 1 aliphatic carbocycles. The minimum absolute atomic E-state index is 0.0521. The molecule has 0 amide bonds. The third-order valence-electron chi connectivity index (χ3n) is 4.98. The molecule has 0 radical (unpaired) electrons. The fourth-order valence-corrected chi connectivity index (χ4v) is 2.78. The van der Waals surface area contributed by atoms with Gasteiger partial charge in [0, 0.05) is 0 Å². The number of hydrogen-bond donors (Lipinski definition) is 2. The minimum Gasteiger partial charge on any atom is -0.469 e. The first-order valence-corrected chi connectivity index (χ1v) is 8.09. The lowest BCUT2D eigenvalue weighted by Gasteiger charge is -2.34. The van der Waals surface area contributed by atoms with Gasteiger partial charge in [-0.1, -0.05) is 13.8 Å². The van der Waals surface area contributed by atoms with Gasteiger partial charge < -0.3 is 25.7 Å². The van der Waals surface area contributed by atoms with Crippen LogP contribution in [0.25, 0.3) is 0 Å². The Labute approximate surface area is 142 Å². The Hall–Kier alpha value is -1.51. The van der Waals surface area contributed by atoms with E-state index in [9.17, 15) is 14.4 Å². The van der Waals surface area contributed by atoms with Crippen LogP contribution in [-0.2, 0) is 28.6 Å². The molecule has 1 saturated carbocycles. The van der Waals surface area contributed by atoms with E-state index in [2.05, 4.69) is 23.3 Å². The lowest BCUT2D eigenvalue weighted by molar-refractivity contribution is -0.165. The van der Waals surface area contributed by atoms with Crippen LogP contribution in [0.4, 0.5) is 0 Å². The lowest BCUT2D eigenvalue weighted by Crippen LogP contribution is -2.46. The zero-order valence-electron chi connectivity index (χ0n) is 14.7. The number of rotatable bonds is 7. The summed E-state index contributed by atoms with van der Waals surface area (Å²) in [7, 11) is 1.17. The highest BCUT2D eigenvalue weighted by molar-refractivity contribution is 5.92. The van der Waals surface area contributed by atoms with E-state index in [-0.39, 0.29) is 18.6 Å². The Morgan fingerprint density at radius 1 is 1.08 bits per heavy atom. The zero-order chi connectivity index (χ0) is 18.5. The van der Waals surface area contributed by atoms with Crippen molar-refractivity contribution in [1.29, 1.82) is 0 Å². The molecule has 0 aromatic rings. The van der Waals surface area contributed by atoms with Gasteiger partial charge in [-0.3, -0.25) is 4.79 Å². The Morgan fingerprint density at radius 3 is 2.08 bits per heavy atom. The molecule has 1 aliphatic rings. The second kappa shape index (κ2) is 8.55. The maximum atomic E-state index is 11.9. The molecule has 0 aliphatic heterocycles. The minimum atomic E-state index is -1.28. The summed E-state index contributed by atoms with van der Waals surface area (Å²) < 4.78 is 14.9. The largest absolute Gasteiger partial charge is 0.469 e. The summed E-state index contributed by atoms with van der Waals surface area (Å²) in [5, 5.41) is 0. The van der Waals surface area contributed by atoms with Gasteiger partial charge in [0.25, 0.3) is 0 Å². The van der Waals surface area contributed by atoms with Crippen molar-refractivity contribution in [1.82, 2.24) is 0 Å². The summed E-state index contributed by atoms with van der Waals surface area (Å²) in [6.07, 6.45) is 1.73. The summed E-state index contributed by atoms with van der Waals surface area (Å²) in [5.74, 6) is -1.91. The van der Waals surface area contributed by atoms with E-state index in [1.807, 2.05) is 6.92 Å². The molecule has 1 fully saturated rings. The number of methoxy groups -OCH3 is 1. The van der Waals surface area contributed by atoms with Gasteiger partial charge in [-0.15, -0.1) is 0 Å². The van der Waals surface area contributed by atoms with Crippen molar-refractivity contribution in [2.75, 3.05) is 13.7 Å². The third kappa shape index (κ3) is 4.99. The van der Waals surface area contributed by atoms with Crippen LogP contribution >= 0.6 is 0 Å². The molecule has 0 spiro atoms. The van der Waals surface area contributed by atoms with Crippen molar-refractivity contribution < 1.29 is 28.6 Å². The summed E-state index contributed by atoms with van der Waals surface area (Å²) in [5.41, 5.74) is 10.9. The van der Waals surface area contributed by atoms with Gasteiger partial charge >= 0.3 is 17.9 Å². The highest BCUT2D eigenvalue weighted by Gasteiger charge is 2.43. The molecule has 8 nitrogen and oxygen atoms in total. The average molecular weight is 344 g/mol. The SMILES string of the molecule is COC(=O)C[C@H](N)C(=O)OC(=O)[C@@H](N)COC1(C)C(C)CCC1C. The van der Waals surface area contributed by atoms with E-state index >= 15 is 0 Å². The van der Waals surface area contributed by atoms with E-state index in [0.29, 0.717) is 11.8 Å². The number of esters is 3. The van der Waals surface area contributed by atoms with Crippen LogP contribution in [0.1, 0.15) is 40.0 Å². The number of hydrogen-bond acceptors (Lipinski definition) is 8. The quantitative estimate of drug-likeness (QED) is 0.491. The summed E-state index contributed by atoms with van der Waals surface area (Å²) in [6, 6.07) is -2.38. The van der Waals surface area contributed by atoms with Crippen LogP contribution in [0.2, 0.25) is 0 Å². The van der Waals surface area contributed by atoms with Crippen LogP contribution in [0, 0.1) is 11.8 Å². The number of nitrogens with two attached hydrogens (primary N) is 2. The number of ether oxygens (including phenoxy) is 3. The molecule has 1 rings (SSSR count). The van der Waals surface area contributed by atoms with Crippen LogP contribution < -0.4 is 11.5 Å². The normalized spacial score (nSPS) is 28.9. The van der Waals surface area contributed by atoms with Gasteiger partial charge in [0.15, 0.2) is 0 Å². The molecular weight excluding hydrogens is 316 g/mol. The molecule has 24 heavy (non-hydrogen) atoms. The maximum absolute atomic E-state index is 11.9. The Balaban J connectivity index is 2.47. The maximum Gasteiger partial charge on any atom is 0.333 e. The van der Waals surface area contributed by atoms with Crippen LogP contribution in [0.15, 0.2) is 0 Å². The standard InChI is InChI=1S/C16H28N2O6/c1-9-5-6-10(2)16(9,3)23-8-12(18)15(21)24-14(20)11(17)7-13(19)22-4/h9-12H,5-8,17-18H2,1-4H3/t9?,10?,11-,12-,16?/m0/s1. The van der Waals surface area contributed by atoms with Gasteiger partial charge in [0.1, 0.15) is 12.1 Å². The average Bonchev–Trinajstić information content (AvgIpc) is 2.79. The first-order chi connectivity index (χ1) is 11.1. The second-order valence-corrected chi connectivity index (χ2v) is 6.61. The molecule has 138 valence electrons. The molecular formula is C16H28N2O6. The van der Waals surface area contributed by atoms with Crippen molar-refractivity contribution in [3.8, 4) is 0 Å². The second-order valence-electron chi connectivity index (χ2n) is 6.61. The monoisotopic (exact) mass is 344 g/mol. The van der Waals surface area contributed by atoms with Gasteiger partial charge in [-0.05, 0) is 31.6 Å². The van der Waals surface area contributed by atoms with Crippen molar-refractivity contribution in [3.05, 3.63) is 0 Å². The Morgan fingerprint density at radius 2 is 1.58 bits per heavy atom. The van der Waals surface area contributed by atoms with E-state index < -0.39 is 30.0 Å². The van der Waals surface area contributed by atoms with Crippen LogP contribution in [0.3, 0.4) is 0 Å². The molecule has 8 heteroatoms. The van der Waals surface area contributed by atoms with Crippen molar-refractivity contribution in [2.45, 2.75) is 57.7 Å². The summed E-state index contributed by atoms with van der Waals surface area (Å²) >= 11 is 0. The molecule has 2 unspecified atom stereocenters. The smallest absolute Gasteiger partial charge is 0.333 e. The predicted molar refractivity (Wildman–Crippen MR) is 85.6 cm³/mol. The number of carbonyl (C=O) groups is 3. The molecule has 4 atom stereocenters. The molecule has 0 aromatic carbocycles. The van der Waals surface area contributed by atoms with Crippen molar-refractivity contribution in [3.63, 3.8) is 0 Å². The predicted octanol–water partition coefficient (Wildman–Crippen LogP) is 0.115. The Bertz CT molecular complexity index is 471. The summed E-state index contributed by atoms with van der Waals surface area (Å²) in [4.78, 5) is 34.6. The Kier molecular flexibility index (Phi) is 7.31. The fraction of sp³-hybridized carbons (Fsp3) is 0.812. The molecule has 0 heterocycles. The molecule has 0 saturated heterocycles. The molecule has 4 N–H and O–H groups in total. The van der Waals surface area contributed by atoms with E-state index in [4.69, 9.17) is 16.2 Å². The van der Waals surface area contributed by atoms with Gasteiger partial charge in [-0.2, -0.15) is 0 Å². The van der Waals surface area contributed by atoms with Gasteiger partial charge in [-0.25, -0.2) is 9.59 Å². The lowest BCUT2D eigenvalue weighted by atomic mass is 9.88.